The summed E-state index contributed by atoms with van der Waals surface area (Å²) in [5.41, 5.74) is 1.30. The molecule has 1 heterocycles. The second-order valence-corrected chi connectivity index (χ2v) is 13.3. The van der Waals surface area contributed by atoms with Crippen molar-refractivity contribution in [2.45, 2.75) is 77.0 Å². The van der Waals surface area contributed by atoms with Crippen molar-refractivity contribution in [3.05, 3.63) is 102 Å². The molecule has 1 aliphatic heterocycles. The molecule has 0 aliphatic carbocycles. The van der Waals surface area contributed by atoms with Crippen LogP contribution in [-0.2, 0) is 48.2 Å². The zero-order valence-corrected chi connectivity index (χ0v) is 30.1. The SMILES string of the molecule is COc1ccc(CC(NC(=O)OCc2ccccc2)C(=O)C(C(=O)OC(C)(C)C)N2CCNC(CCCNC(=O)OCc3ccccc3)C2=O)cc1. The molecule has 0 spiro atoms. The number of benzene rings is 3. The topological polar surface area (TPSA) is 162 Å². The van der Waals surface area contributed by atoms with E-state index in [1.54, 1.807) is 57.2 Å². The molecule has 4 rings (SSSR count). The Hall–Kier alpha value is -5.43. The van der Waals surface area contributed by atoms with Crippen molar-refractivity contribution in [3.8, 4) is 5.75 Å². The van der Waals surface area contributed by atoms with E-state index in [1.165, 1.54) is 12.0 Å². The van der Waals surface area contributed by atoms with E-state index in [1.807, 2.05) is 48.5 Å². The minimum atomic E-state index is -1.65. The van der Waals surface area contributed by atoms with Crippen molar-refractivity contribution >= 4 is 29.8 Å². The van der Waals surface area contributed by atoms with Gasteiger partial charge in [-0.2, -0.15) is 0 Å². The van der Waals surface area contributed by atoms with Crippen molar-refractivity contribution in [2.75, 3.05) is 26.7 Å². The molecular weight excluding hydrogens is 668 g/mol. The lowest BCUT2D eigenvalue weighted by molar-refractivity contribution is -0.169. The molecule has 3 N–H and O–H groups in total. The van der Waals surface area contributed by atoms with E-state index >= 15 is 0 Å². The van der Waals surface area contributed by atoms with Crippen LogP contribution >= 0.6 is 0 Å². The first-order chi connectivity index (χ1) is 24.9. The number of methoxy groups -OCH3 is 1. The minimum Gasteiger partial charge on any atom is -0.497 e. The van der Waals surface area contributed by atoms with Crippen molar-refractivity contribution in [1.82, 2.24) is 20.9 Å². The van der Waals surface area contributed by atoms with Gasteiger partial charge in [-0.25, -0.2) is 14.4 Å². The number of hydrogen-bond donors (Lipinski definition) is 3. The van der Waals surface area contributed by atoms with E-state index in [2.05, 4.69) is 16.0 Å². The van der Waals surface area contributed by atoms with Gasteiger partial charge in [0.15, 0.2) is 11.8 Å². The number of alkyl carbamates (subject to hydrolysis) is 2. The molecule has 278 valence electrons. The average Bonchev–Trinajstić information content (AvgIpc) is 3.13. The molecule has 0 aromatic heterocycles. The summed E-state index contributed by atoms with van der Waals surface area (Å²) in [6, 6.07) is 21.6. The largest absolute Gasteiger partial charge is 0.497 e. The van der Waals surface area contributed by atoms with E-state index in [9.17, 15) is 24.0 Å². The van der Waals surface area contributed by atoms with Gasteiger partial charge in [0.05, 0.1) is 19.2 Å². The Bertz CT molecular complexity index is 1630. The number of nitrogens with zero attached hydrogens (tertiary/aromatic N) is 1. The zero-order valence-electron chi connectivity index (χ0n) is 30.1. The van der Waals surface area contributed by atoms with Gasteiger partial charge in [-0.15, -0.1) is 0 Å². The van der Waals surface area contributed by atoms with E-state index in [0.717, 1.165) is 11.1 Å². The highest BCUT2D eigenvalue weighted by atomic mass is 16.6. The summed E-state index contributed by atoms with van der Waals surface area (Å²) in [6.07, 6.45) is -0.724. The number of Topliss-reactive ketones (excluding diaryl/α,β-unsaturated/α-hetero) is 1. The van der Waals surface area contributed by atoms with Gasteiger partial charge in [-0.05, 0) is 68.9 Å². The number of piperazine rings is 1. The molecule has 3 aromatic rings. The summed E-state index contributed by atoms with van der Waals surface area (Å²) in [4.78, 5) is 68.7. The predicted molar refractivity (Wildman–Crippen MR) is 192 cm³/mol. The fourth-order valence-electron chi connectivity index (χ4n) is 5.58. The Morgan fingerprint density at radius 2 is 1.44 bits per heavy atom. The van der Waals surface area contributed by atoms with Gasteiger partial charge in [0.25, 0.3) is 0 Å². The molecule has 1 aliphatic rings. The maximum Gasteiger partial charge on any atom is 0.408 e. The lowest BCUT2D eigenvalue weighted by atomic mass is 9.95. The third-order valence-electron chi connectivity index (χ3n) is 8.13. The second-order valence-electron chi connectivity index (χ2n) is 13.3. The second kappa shape index (κ2) is 19.3. The molecule has 3 amide bonds. The lowest BCUT2D eigenvalue weighted by Crippen LogP contribution is -2.64. The number of carbonyl (C=O) groups excluding carboxylic acids is 5. The first-order valence-electron chi connectivity index (χ1n) is 17.3. The number of hydrogen-bond acceptors (Lipinski definition) is 10. The van der Waals surface area contributed by atoms with Gasteiger partial charge in [0.2, 0.25) is 5.91 Å². The monoisotopic (exact) mass is 716 g/mol. The minimum absolute atomic E-state index is 0.00167. The molecular formula is C39H48N4O9. The number of ether oxygens (including phenoxy) is 4. The highest BCUT2D eigenvalue weighted by Crippen LogP contribution is 2.20. The Morgan fingerprint density at radius 1 is 0.846 bits per heavy atom. The van der Waals surface area contributed by atoms with Gasteiger partial charge in [0.1, 0.15) is 24.6 Å². The number of ketones is 1. The molecule has 0 bridgehead atoms. The Kier molecular flexibility index (Phi) is 14.6. The summed E-state index contributed by atoms with van der Waals surface area (Å²) in [5.74, 6) is -1.51. The fourth-order valence-corrected chi connectivity index (χ4v) is 5.58. The van der Waals surface area contributed by atoms with Gasteiger partial charge in [-0.3, -0.25) is 9.59 Å². The van der Waals surface area contributed by atoms with Crippen LogP contribution in [-0.4, -0.2) is 85.2 Å². The van der Waals surface area contributed by atoms with E-state index < -0.39 is 53.6 Å². The highest BCUT2D eigenvalue weighted by Gasteiger charge is 2.45. The van der Waals surface area contributed by atoms with Gasteiger partial charge < -0.3 is 39.8 Å². The number of esters is 1. The zero-order chi connectivity index (χ0) is 37.5. The van der Waals surface area contributed by atoms with Crippen LogP contribution in [0, 0.1) is 0 Å². The van der Waals surface area contributed by atoms with Gasteiger partial charge >= 0.3 is 18.2 Å². The molecule has 0 radical (unpaired) electrons. The first kappa shape index (κ1) is 39.4. The smallest absolute Gasteiger partial charge is 0.408 e. The first-order valence-corrected chi connectivity index (χ1v) is 17.3. The standard InChI is InChI=1S/C39H48N4O9/c1-39(2,3)52-36(46)33(43-23-22-40-31(35(43)45)16-11-21-41-37(47)50-25-28-12-7-5-8-13-28)34(44)32(24-27-17-19-30(49-4)20-18-27)42-38(48)51-26-29-14-9-6-10-15-29/h5-10,12-15,17-20,31-33,40H,11,16,21-26H2,1-4H3,(H,41,47)(H,42,48). The summed E-state index contributed by atoms with van der Waals surface area (Å²) >= 11 is 0. The summed E-state index contributed by atoms with van der Waals surface area (Å²) < 4.78 is 21.6. The quantitative estimate of drug-likeness (QED) is 0.0843. The fraction of sp³-hybridized carbons (Fsp3) is 0.410. The van der Waals surface area contributed by atoms with Crippen LogP contribution in [0.4, 0.5) is 9.59 Å². The molecule has 3 atom stereocenters. The van der Waals surface area contributed by atoms with Crippen LogP contribution in [0.3, 0.4) is 0 Å². The Balaban J connectivity index is 1.47. The van der Waals surface area contributed by atoms with Crippen LogP contribution in [0.15, 0.2) is 84.9 Å². The van der Waals surface area contributed by atoms with Crippen LogP contribution < -0.4 is 20.7 Å². The number of amides is 3. The molecule has 3 aromatic carbocycles. The maximum atomic E-state index is 14.5. The number of nitrogens with one attached hydrogen (secondary N) is 3. The molecule has 3 unspecified atom stereocenters. The molecule has 52 heavy (non-hydrogen) atoms. The average molecular weight is 717 g/mol. The molecule has 0 saturated carbocycles. The summed E-state index contributed by atoms with van der Waals surface area (Å²) in [7, 11) is 1.53. The van der Waals surface area contributed by atoms with Crippen molar-refractivity contribution < 1.29 is 42.9 Å². The van der Waals surface area contributed by atoms with Crippen molar-refractivity contribution in [1.29, 1.82) is 0 Å². The van der Waals surface area contributed by atoms with E-state index in [-0.39, 0.29) is 32.7 Å². The summed E-state index contributed by atoms with van der Waals surface area (Å²) in [6.45, 7) is 5.68. The number of carbonyl (C=O) groups is 5. The molecule has 1 fully saturated rings. The predicted octanol–water partition coefficient (Wildman–Crippen LogP) is 4.32. The highest BCUT2D eigenvalue weighted by molar-refractivity contribution is 6.09. The van der Waals surface area contributed by atoms with E-state index in [4.69, 9.17) is 18.9 Å². The van der Waals surface area contributed by atoms with Crippen LogP contribution in [0.5, 0.6) is 5.75 Å². The molecule has 13 nitrogen and oxygen atoms in total. The van der Waals surface area contributed by atoms with Crippen molar-refractivity contribution in [3.63, 3.8) is 0 Å². The van der Waals surface area contributed by atoms with Gasteiger partial charge in [-0.1, -0.05) is 72.8 Å². The van der Waals surface area contributed by atoms with Crippen LogP contribution in [0.25, 0.3) is 0 Å². The number of rotatable bonds is 16. The van der Waals surface area contributed by atoms with Crippen molar-refractivity contribution in [2.24, 2.45) is 0 Å². The van der Waals surface area contributed by atoms with Gasteiger partial charge in [0, 0.05) is 19.6 Å². The third-order valence-corrected chi connectivity index (χ3v) is 8.13. The Labute approximate surface area is 304 Å². The maximum absolute atomic E-state index is 14.5. The lowest BCUT2D eigenvalue weighted by Gasteiger charge is -2.38. The van der Waals surface area contributed by atoms with Crippen LogP contribution in [0.2, 0.25) is 0 Å². The van der Waals surface area contributed by atoms with Crippen LogP contribution in [0.1, 0.15) is 50.3 Å². The van der Waals surface area contributed by atoms with E-state index in [0.29, 0.717) is 30.7 Å². The molecule has 13 heteroatoms. The normalized spacial score (nSPS) is 15.5. The third kappa shape index (κ3) is 12.4. The Morgan fingerprint density at radius 3 is 2.02 bits per heavy atom. The molecule has 1 saturated heterocycles. The summed E-state index contributed by atoms with van der Waals surface area (Å²) in [5, 5.41) is 8.49.